The molecule has 0 aliphatic carbocycles. The Morgan fingerprint density at radius 1 is 1.25 bits per heavy atom. The van der Waals surface area contributed by atoms with E-state index < -0.39 is 0 Å². The molecule has 130 valence electrons. The van der Waals surface area contributed by atoms with Crippen molar-refractivity contribution in [3.05, 3.63) is 24.3 Å². The Morgan fingerprint density at radius 3 is 2.58 bits per heavy atom. The minimum atomic E-state index is 0.0333. The van der Waals surface area contributed by atoms with E-state index in [9.17, 15) is 4.79 Å². The molecule has 3 N–H and O–H groups in total. The average Bonchev–Trinajstić information content (AvgIpc) is 2.84. The predicted octanol–water partition coefficient (Wildman–Crippen LogP) is 3.08. The fourth-order valence-corrected chi connectivity index (χ4v) is 4.52. The number of nitrogens with zero attached hydrogens (tertiary/aromatic N) is 1. The van der Waals surface area contributed by atoms with Gasteiger partial charge in [0.2, 0.25) is 5.91 Å². The molecular formula is C18H26N4OS. The molecule has 1 aromatic carbocycles. The molecule has 5 nitrogen and oxygen atoms in total. The lowest BCUT2D eigenvalue weighted by atomic mass is 9.79. The molecule has 24 heavy (non-hydrogen) atoms. The zero-order valence-corrected chi connectivity index (χ0v) is 15.6. The van der Waals surface area contributed by atoms with Gasteiger partial charge in [0.05, 0.1) is 16.8 Å². The number of aromatic nitrogens is 2. The van der Waals surface area contributed by atoms with Gasteiger partial charge in [0.15, 0.2) is 5.16 Å². The number of hydrogen-bond donors (Lipinski definition) is 3. The van der Waals surface area contributed by atoms with E-state index in [1.807, 2.05) is 24.3 Å². The van der Waals surface area contributed by atoms with Gasteiger partial charge in [0, 0.05) is 17.1 Å². The minimum Gasteiger partial charge on any atom is -0.353 e. The summed E-state index contributed by atoms with van der Waals surface area (Å²) in [6, 6.07) is 8.11. The SMILES string of the molecule is CC1(C)CC(NC(=O)CSc2nc3ccccc3[nH]2)CC(C)(C)N1. The van der Waals surface area contributed by atoms with Crippen LogP contribution in [0.3, 0.4) is 0 Å². The van der Waals surface area contributed by atoms with Crippen LogP contribution in [-0.2, 0) is 4.79 Å². The highest BCUT2D eigenvalue weighted by atomic mass is 32.2. The summed E-state index contributed by atoms with van der Waals surface area (Å²) < 4.78 is 0. The fourth-order valence-electron chi connectivity index (χ4n) is 3.83. The van der Waals surface area contributed by atoms with E-state index in [0.717, 1.165) is 29.0 Å². The van der Waals surface area contributed by atoms with Crippen molar-refractivity contribution in [1.29, 1.82) is 0 Å². The molecule has 1 aliphatic rings. The lowest BCUT2D eigenvalue weighted by Gasteiger charge is -2.46. The molecule has 2 heterocycles. The number of amides is 1. The van der Waals surface area contributed by atoms with E-state index in [1.165, 1.54) is 11.8 Å². The van der Waals surface area contributed by atoms with E-state index in [0.29, 0.717) is 5.75 Å². The van der Waals surface area contributed by atoms with Crippen molar-refractivity contribution < 1.29 is 4.79 Å². The molecular weight excluding hydrogens is 320 g/mol. The second-order valence-electron chi connectivity index (χ2n) is 7.91. The van der Waals surface area contributed by atoms with Crippen molar-refractivity contribution in [1.82, 2.24) is 20.6 Å². The number of hydrogen-bond acceptors (Lipinski definition) is 4. The second-order valence-corrected chi connectivity index (χ2v) is 8.88. The molecule has 1 amide bonds. The Hall–Kier alpha value is -1.53. The van der Waals surface area contributed by atoms with Gasteiger partial charge >= 0.3 is 0 Å². The first-order valence-corrected chi connectivity index (χ1v) is 9.37. The minimum absolute atomic E-state index is 0.0333. The van der Waals surface area contributed by atoms with E-state index >= 15 is 0 Å². The summed E-state index contributed by atoms with van der Waals surface area (Å²) in [4.78, 5) is 20.1. The van der Waals surface area contributed by atoms with E-state index in [1.54, 1.807) is 0 Å². The number of para-hydroxylation sites is 2. The highest BCUT2D eigenvalue weighted by Gasteiger charge is 2.38. The average molecular weight is 347 g/mol. The monoisotopic (exact) mass is 346 g/mol. The molecule has 3 rings (SSSR count). The van der Waals surface area contributed by atoms with Gasteiger partial charge < -0.3 is 15.6 Å². The van der Waals surface area contributed by atoms with Crippen LogP contribution >= 0.6 is 11.8 Å². The van der Waals surface area contributed by atoms with Crippen molar-refractivity contribution in [2.24, 2.45) is 0 Å². The van der Waals surface area contributed by atoms with Crippen molar-refractivity contribution in [3.63, 3.8) is 0 Å². The first-order chi connectivity index (χ1) is 11.2. The Labute approximate surface area is 147 Å². The maximum absolute atomic E-state index is 12.3. The highest BCUT2D eigenvalue weighted by Crippen LogP contribution is 2.28. The number of carbonyl (C=O) groups excluding carboxylic acids is 1. The summed E-state index contributed by atoms with van der Waals surface area (Å²) in [6.07, 6.45) is 1.88. The van der Waals surface area contributed by atoms with E-state index in [-0.39, 0.29) is 23.0 Å². The molecule has 2 aromatic rings. The molecule has 6 heteroatoms. The Bertz CT molecular complexity index is 688. The topological polar surface area (TPSA) is 69.8 Å². The smallest absolute Gasteiger partial charge is 0.230 e. The number of aromatic amines is 1. The number of H-pyrrole nitrogens is 1. The van der Waals surface area contributed by atoms with Crippen LogP contribution in [0.15, 0.2) is 29.4 Å². The van der Waals surface area contributed by atoms with Crippen LogP contribution in [0.2, 0.25) is 0 Å². The molecule has 1 fully saturated rings. The molecule has 0 saturated carbocycles. The lowest BCUT2D eigenvalue weighted by molar-refractivity contribution is -0.119. The van der Waals surface area contributed by atoms with Crippen molar-refractivity contribution in [3.8, 4) is 0 Å². The molecule has 0 unspecified atom stereocenters. The van der Waals surface area contributed by atoms with Crippen LogP contribution in [-0.4, -0.2) is 38.7 Å². The van der Waals surface area contributed by atoms with Crippen LogP contribution in [0.5, 0.6) is 0 Å². The van der Waals surface area contributed by atoms with E-state index in [4.69, 9.17) is 0 Å². The second kappa shape index (κ2) is 6.41. The number of thioether (sulfide) groups is 1. The standard InChI is InChI=1S/C18H26N4OS/c1-17(2)9-12(10-18(3,4)22-17)19-15(23)11-24-16-20-13-7-5-6-8-14(13)21-16/h5-8,12,22H,9-11H2,1-4H3,(H,19,23)(H,20,21). The van der Waals surface area contributed by atoms with Gasteiger partial charge in [-0.1, -0.05) is 23.9 Å². The van der Waals surface area contributed by atoms with Crippen LogP contribution in [0.1, 0.15) is 40.5 Å². The van der Waals surface area contributed by atoms with Gasteiger partial charge in [-0.3, -0.25) is 4.79 Å². The first-order valence-electron chi connectivity index (χ1n) is 8.39. The molecule has 1 aliphatic heterocycles. The third-order valence-corrected chi connectivity index (χ3v) is 5.14. The number of rotatable bonds is 4. The molecule has 0 bridgehead atoms. The maximum Gasteiger partial charge on any atom is 0.230 e. The molecule has 0 atom stereocenters. The van der Waals surface area contributed by atoms with E-state index in [2.05, 4.69) is 48.3 Å². The van der Waals surface area contributed by atoms with Gasteiger partial charge in [-0.15, -0.1) is 0 Å². The fraction of sp³-hybridized carbons (Fsp3) is 0.556. The summed E-state index contributed by atoms with van der Waals surface area (Å²) in [7, 11) is 0. The van der Waals surface area contributed by atoms with Crippen LogP contribution < -0.4 is 10.6 Å². The highest BCUT2D eigenvalue weighted by molar-refractivity contribution is 7.99. The number of nitrogens with one attached hydrogen (secondary N) is 3. The quantitative estimate of drug-likeness (QED) is 0.744. The van der Waals surface area contributed by atoms with Gasteiger partial charge in [-0.25, -0.2) is 4.98 Å². The molecule has 1 aromatic heterocycles. The third kappa shape index (κ3) is 4.30. The number of fused-ring (bicyclic) bond motifs is 1. The summed E-state index contributed by atoms with van der Waals surface area (Å²) in [6.45, 7) is 8.76. The zero-order chi connectivity index (χ0) is 17.4. The lowest BCUT2D eigenvalue weighted by Crippen LogP contribution is -2.62. The molecule has 0 radical (unpaired) electrons. The van der Waals surface area contributed by atoms with Gasteiger partial charge in [-0.05, 0) is 52.7 Å². The molecule has 0 spiro atoms. The predicted molar refractivity (Wildman–Crippen MR) is 99.3 cm³/mol. The van der Waals surface area contributed by atoms with Crippen molar-refractivity contribution >= 4 is 28.7 Å². The van der Waals surface area contributed by atoms with Crippen LogP contribution in [0.25, 0.3) is 11.0 Å². The Kier molecular flexibility index (Phi) is 4.62. The Balaban J connectivity index is 1.55. The zero-order valence-electron chi connectivity index (χ0n) is 14.8. The van der Waals surface area contributed by atoms with Gasteiger partial charge in [-0.2, -0.15) is 0 Å². The van der Waals surface area contributed by atoms with Crippen LogP contribution in [0, 0.1) is 0 Å². The maximum atomic E-state index is 12.3. The van der Waals surface area contributed by atoms with Gasteiger partial charge in [0.25, 0.3) is 0 Å². The van der Waals surface area contributed by atoms with Crippen molar-refractivity contribution in [2.45, 2.75) is 62.8 Å². The number of imidazole rings is 1. The third-order valence-electron chi connectivity index (χ3n) is 4.26. The Morgan fingerprint density at radius 2 is 1.92 bits per heavy atom. The first kappa shape index (κ1) is 17.3. The summed E-state index contributed by atoms with van der Waals surface area (Å²) in [5.74, 6) is 0.448. The summed E-state index contributed by atoms with van der Waals surface area (Å²) in [5.41, 5.74) is 2.00. The number of carbonyl (C=O) groups is 1. The number of piperidine rings is 1. The van der Waals surface area contributed by atoms with Crippen LogP contribution in [0.4, 0.5) is 0 Å². The summed E-state index contributed by atoms with van der Waals surface area (Å²) in [5, 5.41) is 7.62. The van der Waals surface area contributed by atoms with Gasteiger partial charge in [0.1, 0.15) is 0 Å². The summed E-state index contributed by atoms with van der Waals surface area (Å²) >= 11 is 1.45. The molecule has 1 saturated heterocycles. The normalized spacial score (nSPS) is 20.2. The van der Waals surface area contributed by atoms with Crippen molar-refractivity contribution in [2.75, 3.05) is 5.75 Å². The largest absolute Gasteiger partial charge is 0.353 e. The number of benzene rings is 1.